The Morgan fingerprint density at radius 3 is 3.06 bits per heavy atom. The molecule has 2 N–H and O–H groups in total. The van der Waals surface area contributed by atoms with Crippen LogP contribution < -0.4 is 10.5 Å². The van der Waals surface area contributed by atoms with Crippen molar-refractivity contribution >= 4 is 17.2 Å². The quantitative estimate of drug-likeness (QED) is 0.797. The molecule has 1 aromatic heterocycles. The molecule has 2 rings (SSSR count). The van der Waals surface area contributed by atoms with Gasteiger partial charge < -0.3 is 15.2 Å². The van der Waals surface area contributed by atoms with Gasteiger partial charge in [0, 0.05) is 12.5 Å². The van der Waals surface area contributed by atoms with Gasteiger partial charge in [-0.3, -0.25) is 0 Å². The molecule has 0 saturated carbocycles. The third-order valence-electron chi connectivity index (χ3n) is 2.50. The minimum atomic E-state index is 0.302. The Morgan fingerprint density at radius 1 is 1.62 bits per heavy atom. The number of ether oxygens (including phenoxy) is 2. The van der Waals surface area contributed by atoms with Crippen LogP contribution in [0, 0.1) is 5.92 Å². The van der Waals surface area contributed by atoms with Gasteiger partial charge >= 0.3 is 0 Å². The van der Waals surface area contributed by atoms with Crippen LogP contribution in [0.25, 0.3) is 0 Å². The summed E-state index contributed by atoms with van der Waals surface area (Å²) in [5.74, 6) is 1.24. The van der Waals surface area contributed by atoms with E-state index >= 15 is 0 Å². The van der Waals surface area contributed by atoms with Gasteiger partial charge in [-0.15, -0.1) is 0 Å². The molecule has 0 spiro atoms. The van der Waals surface area contributed by atoms with Crippen LogP contribution in [0.15, 0.2) is 18.3 Å². The predicted molar refractivity (Wildman–Crippen MR) is 64.5 cm³/mol. The maximum atomic E-state index is 5.60. The van der Waals surface area contributed by atoms with Crippen molar-refractivity contribution in [1.29, 1.82) is 0 Å². The summed E-state index contributed by atoms with van der Waals surface area (Å²) in [6.07, 6.45) is 2.71. The van der Waals surface area contributed by atoms with Crippen molar-refractivity contribution in [2.24, 2.45) is 11.7 Å². The van der Waals surface area contributed by atoms with E-state index in [2.05, 4.69) is 4.98 Å². The Hall–Kier alpha value is -1.20. The molecule has 0 aromatic carbocycles. The van der Waals surface area contributed by atoms with Gasteiger partial charge in [0.1, 0.15) is 10.7 Å². The summed E-state index contributed by atoms with van der Waals surface area (Å²) in [6, 6.07) is 3.60. The van der Waals surface area contributed by atoms with E-state index in [9.17, 15) is 0 Å². The maximum Gasteiger partial charge on any atom is 0.137 e. The van der Waals surface area contributed by atoms with Crippen molar-refractivity contribution in [3.8, 4) is 5.75 Å². The summed E-state index contributed by atoms with van der Waals surface area (Å²) in [5.41, 5.74) is 6.07. The number of thiocarbonyl (C=S) groups is 1. The van der Waals surface area contributed by atoms with E-state index in [1.807, 2.05) is 6.07 Å². The largest absolute Gasteiger partial charge is 0.492 e. The molecule has 16 heavy (non-hydrogen) atoms. The van der Waals surface area contributed by atoms with Crippen LogP contribution in [-0.2, 0) is 4.74 Å². The number of hydrogen-bond donors (Lipinski definition) is 1. The number of nitrogens with two attached hydrogens (primary N) is 1. The molecule has 4 nitrogen and oxygen atoms in total. The van der Waals surface area contributed by atoms with E-state index in [1.165, 1.54) is 0 Å². The van der Waals surface area contributed by atoms with Crippen molar-refractivity contribution in [1.82, 2.24) is 4.98 Å². The Labute approximate surface area is 99.8 Å². The fourth-order valence-electron chi connectivity index (χ4n) is 1.54. The average Bonchev–Trinajstić information content (AvgIpc) is 2.80. The van der Waals surface area contributed by atoms with Crippen LogP contribution in [0.4, 0.5) is 0 Å². The molecule has 0 bridgehead atoms. The molecule has 1 unspecified atom stereocenters. The molecule has 5 heteroatoms. The Kier molecular flexibility index (Phi) is 3.69. The van der Waals surface area contributed by atoms with E-state index < -0.39 is 0 Å². The van der Waals surface area contributed by atoms with E-state index in [0.29, 0.717) is 23.2 Å². The third kappa shape index (κ3) is 2.90. The normalized spacial score (nSPS) is 19.6. The molecule has 0 aliphatic carbocycles. The lowest BCUT2D eigenvalue weighted by Crippen LogP contribution is -2.13. The lowest BCUT2D eigenvalue weighted by atomic mass is 10.1. The van der Waals surface area contributed by atoms with Crippen LogP contribution in [-0.4, -0.2) is 29.8 Å². The first-order chi connectivity index (χ1) is 7.75. The molecule has 1 aliphatic rings. The second-order valence-electron chi connectivity index (χ2n) is 3.78. The molecule has 1 saturated heterocycles. The SMILES string of the molecule is NC(=S)c1ccc(OCC2CCOC2)cn1. The van der Waals surface area contributed by atoms with Gasteiger partial charge in [0.05, 0.1) is 25.1 Å². The van der Waals surface area contributed by atoms with Gasteiger partial charge in [-0.05, 0) is 18.6 Å². The molecule has 1 aromatic rings. The molecule has 1 atom stereocenters. The summed E-state index contributed by atoms with van der Waals surface area (Å²) in [7, 11) is 0. The topological polar surface area (TPSA) is 57.4 Å². The average molecular weight is 238 g/mol. The zero-order valence-corrected chi connectivity index (χ0v) is 9.70. The number of nitrogens with zero attached hydrogens (tertiary/aromatic N) is 1. The standard InChI is InChI=1S/C11H14N2O2S/c12-11(16)10-2-1-9(5-13-10)15-7-8-3-4-14-6-8/h1-2,5,8H,3-4,6-7H2,(H2,12,16). The van der Waals surface area contributed by atoms with Crippen LogP contribution in [0.1, 0.15) is 12.1 Å². The van der Waals surface area contributed by atoms with Crippen LogP contribution >= 0.6 is 12.2 Å². The van der Waals surface area contributed by atoms with Crippen molar-refractivity contribution in [3.05, 3.63) is 24.0 Å². The highest BCUT2D eigenvalue weighted by Gasteiger charge is 2.16. The minimum absolute atomic E-state index is 0.302. The van der Waals surface area contributed by atoms with Crippen LogP contribution in [0.3, 0.4) is 0 Å². The van der Waals surface area contributed by atoms with Gasteiger partial charge in [0.25, 0.3) is 0 Å². The van der Waals surface area contributed by atoms with Crippen molar-refractivity contribution < 1.29 is 9.47 Å². The Bertz CT molecular complexity index is 361. The van der Waals surface area contributed by atoms with Crippen molar-refractivity contribution in [3.63, 3.8) is 0 Å². The molecule has 0 radical (unpaired) electrons. The second-order valence-corrected chi connectivity index (χ2v) is 4.22. The molecule has 2 heterocycles. The van der Waals surface area contributed by atoms with Gasteiger partial charge in [0.15, 0.2) is 0 Å². The fourth-order valence-corrected chi connectivity index (χ4v) is 1.66. The number of pyridine rings is 1. The summed E-state index contributed by atoms with van der Waals surface area (Å²) in [5, 5.41) is 0. The first-order valence-corrected chi connectivity index (χ1v) is 5.63. The first kappa shape index (κ1) is 11.3. The summed E-state index contributed by atoms with van der Waals surface area (Å²) in [4.78, 5) is 4.40. The second kappa shape index (κ2) is 5.23. The summed E-state index contributed by atoms with van der Waals surface area (Å²) < 4.78 is 10.9. The van der Waals surface area contributed by atoms with Gasteiger partial charge in [0.2, 0.25) is 0 Å². The van der Waals surface area contributed by atoms with Gasteiger partial charge in [-0.25, -0.2) is 4.98 Å². The first-order valence-electron chi connectivity index (χ1n) is 5.22. The van der Waals surface area contributed by atoms with Crippen molar-refractivity contribution in [2.75, 3.05) is 19.8 Å². The molecular formula is C11H14N2O2S. The molecular weight excluding hydrogens is 224 g/mol. The smallest absolute Gasteiger partial charge is 0.137 e. The highest BCUT2D eigenvalue weighted by molar-refractivity contribution is 7.80. The Balaban J connectivity index is 1.87. The lowest BCUT2D eigenvalue weighted by molar-refractivity contribution is 0.167. The zero-order valence-electron chi connectivity index (χ0n) is 8.89. The zero-order chi connectivity index (χ0) is 11.4. The van der Waals surface area contributed by atoms with Crippen molar-refractivity contribution in [2.45, 2.75) is 6.42 Å². The lowest BCUT2D eigenvalue weighted by Gasteiger charge is -2.09. The highest BCUT2D eigenvalue weighted by atomic mass is 32.1. The summed E-state index contributed by atoms with van der Waals surface area (Å²) in [6.45, 7) is 2.30. The van der Waals surface area contributed by atoms with E-state index in [4.69, 9.17) is 27.4 Å². The van der Waals surface area contributed by atoms with Crippen LogP contribution in [0.5, 0.6) is 5.75 Å². The number of hydrogen-bond acceptors (Lipinski definition) is 4. The molecule has 1 fully saturated rings. The highest BCUT2D eigenvalue weighted by Crippen LogP contribution is 2.15. The van der Waals surface area contributed by atoms with Gasteiger partial charge in [-0.2, -0.15) is 0 Å². The third-order valence-corrected chi connectivity index (χ3v) is 2.71. The van der Waals surface area contributed by atoms with E-state index in [0.717, 1.165) is 25.4 Å². The number of aromatic nitrogens is 1. The predicted octanol–water partition coefficient (Wildman–Crippen LogP) is 1.13. The molecule has 0 amide bonds. The molecule has 1 aliphatic heterocycles. The maximum absolute atomic E-state index is 5.60. The monoisotopic (exact) mass is 238 g/mol. The molecule has 86 valence electrons. The fraction of sp³-hybridized carbons (Fsp3) is 0.455. The number of rotatable bonds is 4. The van der Waals surface area contributed by atoms with E-state index in [1.54, 1.807) is 12.3 Å². The van der Waals surface area contributed by atoms with Crippen LogP contribution in [0.2, 0.25) is 0 Å². The Morgan fingerprint density at radius 2 is 2.50 bits per heavy atom. The van der Waals surface area contributed by atoms with Gasteiger partial charge in [-0.1, -0.05) is 12.2 Å². The summed E-state index contributed by atoms with van der Waals surface area (Å²) >= 11 is 4.82. The van der Waals surface area contributed by atoms with E-state index in [-0.39, 0.29) is 0 Å². The minimum Gasteiger partial charge on any atom is -0.492 e.